The Morgan fingerprint density at radius 2 is 2.12 bits per heavy atom. The largest absolute Gasteiger partial charge is 0.329 e. The van der Waals surface area contributed by atoms with Gasteiger partial charge < -0.3 is 10.2 Å². The molecule has 1 aromatic rings. The van der Waals surface area contributed by atoms with E-state index in [0.717, 1.165) is 25.1 Å². The molecule has 1 aliphatic rings. The van der Waals surface area contributed by atoms with Crippen LogP contribution in [-0.4, -0.2) is 30.9 Å². The number of benzene rings is 1. The van der Waals surface area contributed by atoms with E-state index >= 15 is 0 Å². The first-order chi connectivity index (χ1) is 7.88. The quantitative estimate of drug-likeness (QED) is 0.765. The van der Waals surface area contributed by atoms with Gasteiger partial charge in [-0.25, -0.2) is 0 Å². The highest BCUT2D eigenvalue weighted by Gasteiger charge is 2.10. The SMILES string of the molecule is O=CNc1cccc(CCN2CCCC2)c1. The van der Waals surface area contributed by atoms with Crippen LogP contribution in [0.3, 0.4) is 0 Å². The molecule has 1 aliphatic heterocycles. The van der Waals surface area contributed by atoms with Crippen molar-refractivity contribution in [2.24, 2.45) is 0 Å². The number of amides is 1. The van der Waals surface area contributed by atoms with Crippen LogP contribution in [0.4, 0.5) is 5.69 Å². The highest BCUT2D eigenvalue weighted by molar-refractivity contribution is 5.71. The predicted octanol–water partition coefficient (Wildman–Crippen LogP) is 1.89. The molecule has 0 spiro atoms. The van der Waals surface area contributed by atoms with Crippen LogP contribution in [0.1, 0.15) is 18.4 Å². The number of nitrogens with one attached hydrogen (secondary N) is 1. The van der Waals surface area contributed by atoms with Gasteiger partial charge in [0.15, 0.2) is 0 Å². The highest BCUT2D eigenvalue weighted by atomic mass is 16.1. The number of nitrogens with zero attached hydrogens (tertiary/aromatic N) is 1. The summed E-state index contributed by atoms with van der Waals surface area (Å²) in [5.41, 5.74) is 2.17. The maximum atomic E-state index is 10.3. The minimum atomic E-state index is 0.722. The van der Waals surface area contributed by atoms with Gasteiger partial charge in [-0.1, -0.05) is 12.1 Å². The van der Waals surface area contributed by atoms with E-state index in [4.69, 9.17) is 0 Å². The molecule has 0 aromatic heterocycles. The summed E-state index contributed by atoms with van der Waals surface area (Å²) in [5, 5.41) is 2.68. The van der Waals surface area contributed by atoms with Crippen molar-refractivity contribution in [1.82, 2.24) is 4.90 Å². The first-order valence-electron chi connectivity index (χ1n) is 5.90. The number of likely N-dealkylation sites (tertiary alicyclic amines) is 1. The summed E-state index contributed by atoms with van der Waals surface area (Å²) in [4.78, 5) is 12.8. The van der Waals surface area contributed by atoms with E-state index in [1.165, 1.54) is 31.5 Å². The maximum Gasteiger partial charge on any atom is 0.211 e. The van der Waals surface area contributed by atoms with E-state index in [0.29, 0.717) is 0 Å². The van der Waals surface area contributed by atoms with Crippen molar-refractivity contribution in [3.8, 4) is 0 Å². The maximum absolute atomic E-state index is 10.3. The van der Waals surface area contributed by atoms with Crippen LogP contribution in [0, 0.1) is 0 Å². The molecule has 2 rings (SSSR count). The molecule has 0 bridgehead atoms. The summed E-state index contributed by atoms with van der Waals surface area (Å²) >= 11 is 0. The zero-order chi connectivity index (χ0) is 11.2. The zero-order valence-electron chi connectivity index (χ0n) is 9.48. The molecule has 16 heavy (non-hydrogen) atoms. The molecule has 1 heterocycles. The normalized spacial score (nSPS) is 16.2. The van der Waals surface area contributed by atoms with E-state index in [1.807, 2.05) is 18.2 Å². The van der Waals surface area contributed by atoms with Gasteiger partial charge in [0, 0.05) is 12.2 Å². The molecular formula is C13H18N2O. The molecule has 1 N–H and O–H groups in total. The second kappa shape index (κ2) is 5.66. The molecule has 0 unspecified atom stereocenters. The lowest BCUT2D eigenvalue weighted by Crippen LogP contribution is -2.21. The average Bonchev–Trinajstić information content (AvgIpc) is 2.80. The zero-order valence-corrected chi connectivity index (χ0v) is 9.48. The van der Waals surface area contributed by atoms with Crippen molar-refractivity contribution in [2.45, 2.75) is 19.3 Å². The Kier molecular flexibility index (Phi) is 3.94. The molecule has 1 fully saturated rings. The molecule has 0 aliphatic carbocycles. The first kappa shape index (κ1) is 11.1. The predicted molar refractivity (Wildman–Crippen MR) is 65.5 cm³/mol. The molecule has 0 atom stereocenters. The molecule has 86 valence electrons. The Morgan fingerprint density at radius 1 is 1.31 bits per heavy atom. The van der Waals surface area contributed by atoms with Crippen LogP contribution >= 0.6 is 0 Å². The Balaban J connectivity index is 1.87. The summed E-state index contributed by atoms with van der Waals surface area (Å²) in [7, 11) is 0. The number of hydrogen-bond acceptors (Lipinski definition) is 2. The smallest absolute Gasteiger partial charge is 0.211 e. The number of rotatable bonds is 5. The monoisotopic (exact) mass is 218 g/mol. The van der Waals surface area contributed by atoms with Gasteiger partial charge in [-0.3, -0.25) is 4.79 Å². The second-order valence-corrected chi connectivity index (χ2v) is 4.26. The Bertz CT molecular complexity index is 346. The standard InChI is InChI=1S/C13H18N2O/c16-11-14-13-5-3-4-12(10-13)6-9-15-7-1-2-8-15/h3-5,10-11H,1-2,6-9H2,(H,14,16). The van der Waals surface area contributed by atoms with E-state index in [9.17, 15) is 4.79 Å². The van der Waals surface area contributed by atoms with Crippen LogP contribution in [0.15, 0.2) is 24.3 Å². The van der Waals surface area contributed by atoms with Crippen LogP contribution in [-0.2, 0) is 11.2 Å². The van der Waals surface area contributed by atoms with Crippen LogP contribution in [0.5, 0.6) is 0 Å². The Morgan fingerprint density at radius 3 is 2.88 bits per heavy atom. The third-order valence-corrected chi connectivity index (χ3v) is 3.07. The van der Waals surface area contributed by atoms with Crippen LogP contribution in [0.25, 0.3) is 0 Å². The van der Waals surface area contributed by atoms with Crippen molar-refractivity contribution in [3.05, 3.63) is 29.8 Å². The van der Waals surface area contributed by atoms with E-state index in [2.05, 4.69) is 16.3 Å². The lowest BCUT2D eigenvalue weighted by atomic mass is 10.1. The minimum Gasteiger partial charge on any atom is -0.329 e. The summed E-state index contributed by atoms with van der Waals surface area (Å²) in [5.74, 6) is 0. The summed E-state index contributed by atoms with van der Waals surface area (Å²) in [6.07, 6.45) is 4.47. The number of hydrogen-bond donors (Lipinski definition) is 1. The lowest BCUT2D eigenvalue weighted by Gasteiger charge is -2.14. The van der Waals surface area contributed by atoms with E-state index in [1.54, 1.807) is 0 Å². The highest BCUT2D eigenvalue weighted by Crippen LogP contribution is 2.12. The molecule has 1 amide bonds. The van der Waals surface area contributed by atoms with E-state index in [-0.39, 0.29) is 0 Å². The summed E-state index contributed by atoms with van der Waals surface area (Å²) in [6.45, 7) is 3.61. The van der Waals surface area contributed by atoms with Gasteiger partial charge in [-0.2, -0.15) is 0 Å². The average molecular weight is 218 g/mol. The molecule has 1 aromatic carbocycles. The molecule has 0 radical (unpaired) electrons. The molecule has 3 nitrogen and oxygen atoms in total. The van der Waals surface area contributed by atoms with Crippen molar-refractivity contribution < 1.29 is 4.79 Å². The summed E-state index contributed by atoms with van der Waals surface area (Å²) in [6, 6.07) is 8.06. The Labute approximate surface area is 96.5 Å². The van der Waals surface area contributed by atoms with Crippen LogP contribution in [0.2, 0.25) is 0 Å². The van der Waals surface area contributed by atoms with Gasteiger partial charge >= 0.3 is 0 Å². The van der Waals surface area contributed by atoms with E-state index < -0.39 is 0 Å². The van der Waals surface area contributed by atoms with Gasteiger partial charge in [-0.05, 0) is 50.0 Å². The van der Waals surface area contributed by atoms with Crippen molar-refractivity contribution >= 4 is 12.1 Å². The van der Waals surface area contributed by atoms with Gasteiger partial charge in [-0.15, -0.1) is 0 Å². The topological polar surface area (TPSA) is 32.3 Å². The van der Waals surface area contributed by atoms with Gasteiger partial charge in [0.25, 0.3) is 0 Å². The van der Waals surface area contributed by atoms with Crippen molar-refractivity contribution in [3.63, 3.8) is 0 Å². The van der Waals surface area contributed by atoms with Crippen molar-refractivity contribution in [1.29, 1.82) is 0 Å². The lowest BCUT2D eigenvalue weighted by molar-refractivity contribution is -0.105. The third kappa shape index (κ3) is 3.07. The fourth-order valence-electron chi connectivity index (χ4n) is 2.18. The fourth-order valence-corrected chi connectivity index (χ4v) is 2.18. The number of anilines is 1. The second-order valence-electron chi connectivity index (χ2n) is 4.26. The Hall–Kier alpha value is -1.35. The van der Waals surface area contributed by atoms with Gasteiger partial charge in [0.05, 0.1) is 0 Å². The summed E-state index contributed by atoms with van der Waals surface area (Å²) < 4.78 is 0. The molecule has 1 saturated heterocycles. The third-order valence-electron chi connectivity index (χ3n) is 3.07. The first-order valence-corrected chi connectivity index (χ1v) is 5.90. The molecule has 0 saturated carbocycles. The number of carbonyl (C=O) groups excluding carboxylic acids is 1. The fraction of sp³-hybridized carbons (Fsp3) is 0.462. The molecular weight excluding hydrogens is 200 g/mol. The minimum absolute atomic E-state index is 0.722. The molecule has 3 heteroatoms. The number of carbonyl (C=O) groups is 1. The van der Waals surface area contributed by atoms with Gasteiger partial charge in [0.1, 0.15) is 0 Å². The van der Waals surface area contributed by atoms with Crippen LogP contribution < -0.4 is 5.32 Å². The van der Waals surface area contributed by atoms with Crippen molar-refractivity contribution in [2.75, 3.05) is 25.0 Å². The van der Waals surface area contributed by atoms with Gasteiger partial charge in [0.2, 0.25) is 6.41 Å².